The molecule has 2 N–H and O–H groups in total. The third-order valence-electron chi connectivity index (χ3n) is 4.31. The van der Waals surface area contributed by atoms with E-state index in [1.165, 1.54) is 12.1 Å². The fraction of sp³-hybridized carbons (Fsp3) is 0.0952. The van der Waals surface area contributed by atoms with Crippen LogP contribution in [0.5, 0.6) is 0 Å². The number of thiocarbonyl (C=S) groups is 1. The number of rotatable bonds is 6. The molecule has 0 amide bonds. The van der Waals surface area contributed by atoms with Crippen LogP contribution in [0.25, 0.3) is 0 Å². The summed E-state index contributed by atoms with van der Waals surface area (Å²) in [7, 11) is 0. The Balaban J connectivity index is 1.32. The monoisotopic (exact) mass is 440 g/mol. The molecule has 2 aromatic carbocycles. The number of aromatic nitrogens is 4. The van der Waals surface area contributed by atoms with E-state index >= 15 is 0 Å². The van der Waals surface area contributed by atoms with Crippen molar-refractivity contribution in [2.24, 2.45) is 0 Å². The fourth-order valence-corrected chi connectivity index (χ4v) is 3.28. The van der Waals surface area contributed by atoms with Crippen molar-refractivity contribution in [1.29, 1.82) is 0 Å². The van der Waals surface area contributed by atoms with Crippen LogP contribution in [0.15, 0.2) is 73.1 Å². The summed E-state index contributed by atoms with van der Waals surface area (Å²) in [5, 5.41) is 16.0. The zero-order valence-corrected chi connectivity index (χ0v) is 17.4. The van der Waals surface area contributed by atoms with Crippen LogP contribution in [0.4, 0.5) is 16.0 Å². The van der Waals surface area contributed by atoms with Crippen LogP contribution in [0.2, 0.25) is 5.02 Å². The highest BCUT2D eigenvalue weighted by molar-refractivity contribution is 7.80. The van der Waals surface area contributed by atoms with Gasteiger partial charge in [0.25, 0.3) is 0 Å². The minimum Gasteiger partial charge on any atom is -0.316 e. The second-order valence-electron chi connectivity index (χ2n) is 6.59. The first-order valence-electron chi connectivity index (χ1n) is 9.18. The lowest BCUT2D eigenvalue weighted by Crippen LogP contribution is -2.20. The van der Waals surface area contributed by atoms with Gasteiger partial charge >= 0.3 is 0 Å². The zero-order valence-electron chi connectivity index (χ0n) is 15.8. The molecule has 152 valence electrons. The average Bonchev–Trinajstić information content (AvgIpc) is 3.35. The average molecular weight is 441 g/mol. The lowest BCUT2D eigenvalue weighted by Gasteiger charge is -2.07. The van der Waals surface area contributed by atoms with Gasteiger partial charge in [0.2, 0.25) is 0 Å². The van der Waals surface area contributed by atoms with Gasteiger partial charge in [-0.3, -0.25) is 9.36 Å². The maximum Gasteiger partial charge on any atom is 0.177 e. The molecule has 0 aliphatic carbocycles. The molecule has 4 aromatic rings. The summed E-state index contributed by atoms with van der Waals surface area (Å²) in [4.78, 5) is 0. The van der Waals surface area contributed by atoms with Crippen LogP contribution < -0.4 is 10.6 Å². The Morgan fingerprint density at radius 3 is 2.10 bits per heavy atom. The third kappa shape index (κ3) is 5.22. The number of hydrogen-bond acceptors (Lipinski definition) is 3. The van der Waals surface area contributed by atoms with Crippen molar-refractivity contribution in [2.75, 3.05) is 10.6 Å². The molecule has 2 heterocycles. The molecule has 6 nitrogen and oxygen atoms in total. The maximum atomic E-state index is 13.0. The van der Waals surface area contributed by atoms with Crippen molar-refractivity contribution in [3.63, 3.8) is 0 Å². The highest BCUT2D eigenvalue weighted by Gasteiger charge is 2.07. The summed E-state index contributed by atoms with van der Waals surface area (Å²) < 4.78 is 16.5. The smallest absolute Gasteiger partial charge is 0.177 e. The van der Waals surface area contributed by atoms with Crippen molar-refractivity contribution in [3.05, 3.63) is 95.0 Å². The van der Waals surface area contributed by atoms with E-state index in [1.54, 1.807) is 21.5 Å². The normalized spacial score (nSPS) is 10.7. The Morgan fingerprint density at radius 1 is 0.867 bits per heavy atom. The van der Waals surface area contributed by atoms with E-state index in [0.29, 0.717) is 34.9 Å². The van der Waals surface area contributed by atoms with Gasteiger partial charge in [0.15, 0.2) is 16.7 Å². The summed E-state index contributed by atoms with van der Waals surface area (Å²) in [6, 6.07) is 17.6. The lowest BCUT2D eigenvalue weighted by atomic mass is 10.2. The number of nitrogens with one attached hydrogen (secondary N) is 2. The van der Waals surface area contributed by atoms with Crippen LogP contribution in [-0.2, 0) is 13.1 Å². The second-order valence-corrected chi connectivity index (χ2v) is 7.41. The Morgan fingerprint density at radius 2 is 1.47 bits per heavy atom. The molecule has 2 aromatic heterocycles. The fourth-order valence-electron chi connectivity index (χ4n) is 2.87. The molecular weight excluding hydrogens is 423 g/mol. The van der Waals surface area contributed by atoms with Gasteiger partial charge in [-0.2, -0.15) is 10.2 Å². The van der Waals surface area contributed by atoms with E-state index in [9.17, 15) is 4.39 Å². The Labute approximate surface area is 183 Å². The molecule has 0 unspecified atom stereocenters. The molecule has 0 saturated carbocycles. The summed E-state index contributed by atoms with van der Waals surface area (Å²) in [6.07, 6.45) is 3.68. The van der Waals surface area contributed by atoms with E-state index in [1.807, 2.05) is 48.8 Å². The maximum absolute atomic E-state index is 13.0. The van der Waals surface area contributed by atoms with E-state index in [-0.39, 0.29) is 5.82 Å². The summed E-state index contributed by atoms with van der Waals surface area (Å²) in [6.45, 7) is 1.10. The Bertz CT molecular complexity index is 1150. The molecular formula is C21H18ClFN6S. The number of halogens is 2. The summed E-state index contributed by atoms with van der Waals surface area (Å²) in [5.41, 5.74) is 1.94. The van der Waals surface area contributed by atoms with Crippen LogP contribution >= 0.6 is 23.8 Å². The van der Waals surface area contributed by atoms with Gasteiger partial charge in [-0.05, 0) is 41.5 Å². The third-order valence-corrected chi connectivity index (χ3v) is 4.89. The Kier molecular flexibility index (Phi) is 6.06. The highest BCUT2D eigenvalue weighted by Crippen LogP contribution is 2.16. The van der Waals surface area contributed by atoms with Crippen molar-refractivity contribution < 1.29 is 4.39 Å². The van der Waals surface area contributed by atoms with Gasteiger partial charge in [-0.25, -0.2) is 4.39 Å². The van der Waals surface area contributed by atoms with Crippen LogP contribution in [-0.4, -0.2) is 24.7 Å². The Hall–Kier alpha value is -3.23. The van der Waals surface area contributed by atoms with Gasteiger partial charge in [-0.1, -0.05) is 41.9 Å². The molecule has 0 aliphatic rings. The zero-order chi connectivity index (χ0) is 20.9. The van der Waals surface area contributed by atoms with Crippen LogP contribution in [0, 0.1) is 5.82 Å². The van der Waals surface area contributed by atoms with E-state index in [2.05, 4.69) is 20.8 Å². The van der Waals surface area contributed by atoms with Crippen LogP contribution in [0.3, 0.4) is 0 Å². The molecule has 30 heavy (non-hydrogen) atoms. The van der Waals surface area contributed by atoms with Crippen molar-refractivity contribution in [2.45, 2.75) is 13.1 Å². The van der Waals surface area contributed by atoms with Gasteiger partial charge in [-0.15, -0.1) is 0 Å². The molecule has 0 radical (unpaired) electrons. The SMILES string of the molecule is Fc1ccc(Cn2ccc(NC(=S)Nc3ccn(Cc4ccccc4Cl)n3)n2)cc1. The number of hydrogen-bond donors (Lipinski definition) is 2. The van der Waals surface area contributed by atoms with Gasteiger partial charge in [0, 0.05) is 29.5 Å². The molecule has 9 heteroatoms. The largest absolute Gasteiger partial charge is 0.316 e. The number of nitrogens with zero attached hydrogens (tertiary/aromatic N) is 4. The minimum absolute atomic E-state index is 0.257. The van der Waals surface area contributed by atoms with Gasteiger partial charge in [0.1, 0.15) is 5.82 Å². The first kappa shape index (κ1) is 20.1. The standard InChI is InChI=1S/C21H18ClFN6S/c22-18-4-2-1-3-16(18)14-29-12-10-20(27-29)25-21(30)24-19-9-11-28(26-19)13-15-5-7-17(23)8-6-15/h1-12H,13-14H2,(H2,24,25,26,27,30). The minimum atomic E-state index is -0.257. The van der Waals surface area contributed by atoms with E-state index in [0.717, 1.165) is 11.1 Å². The second kappa shape index (κ2) is 9.06. The lowest BCUT2D eigenvalue weighted by molar-refractivity contribution is 0.624. The van der Waals surface area contributed by atoms with Crippen molar-refractivity contribution in [3.8, 4) is 0 Å². The molecule has 0 atom stereocenters. The predicted molar refractivity (Wildman–Crippen MR) is 120 cm³/mol. The van der Waals surface area contributed by atoms with Gasteiger partial charge in [0.05, 0.1) is 13.1 Å². The molecule has 4 rings (SSSR count). The van der Waals surface area contributed by atoms with Gasteiger partial charge < -0.3 is 10.6 Å². The van der Waals surface area contributed by atoms with Crippen molar-refractivity contribution >= 4 is 40.6 Å². The number of benzene rings is 2. The predicted octanol–water partition coefficient (Wildman–Crippen LogP) is 4.78. The molecule has 0 spiro atoms. The van der Waals surface area contributed by atoms with E-state index in [4.69, 9.17) is 23.8 Å². The van der Waals surface area contributed by atoms with E-state index < -0.39 is 0 Å². The molecule has 0 aliphatic heterocycles. The molecule has 0 fully saturated rings. The summed E-state index contributed by atoms with van der Waals surface area (Å²) in [5.74, 6) is 0.961. The first-order chi connectivity index (χ1) is 14.5. The molecule has 0 saturated heterocycles. The summed E-state index contributed by atoms with van der Waals surface area (Å²) >= 11 is 11.5. The quantitative estimate of drug-likeness (QED) is 0.423. The number of anilines is 2. The van der Waals surface area contributed by atoms with Crippen LogP contribution in [0.1, 0.15) is 11.1 Å². The topological polar surface area (TPSA) is 59.7 Å². The van der Waals surface area contributed by atoms with Crippen molar-refractivity contribution in [1.82, 2.24) is 19.6 Å². The molecule has 0 bridgehead atoms. The highest BCUT2D eigenvalue weighted by atomic mass is 35.5. The first-order valence-corrected chi connectivity index (χ1v) is 9.96.